The largest absolute Gasteiger partial charge is 0.465 e. The summed E-state index contributed by atoms with van der Waals surface area (Å²) in [6.45, 7) is 6.91. The number of piperazine rings is 1. The molecule has 5 aromatic rings. The number of rotatable bonds is 5. The van der Waals surface area contributed by atoms with Gasteiger partial charge in [-0.05, 0) is 62.7 Å². The average molecular weight is 526 g/mol. The van der Waals surface area contributed by atoms with E-state index in [2.05, 4.69) is 30.3 Å². The molecule has 5 heterocycles. The van der Waals surface area contributed by atoms with Crippen LogP contribution in [0.25, 0.3) is 16.7 Å². The zero-order valence-corrected chi connectivity index (χ0v) is 21.7. The molecular formula is C27H27N9O3. The van der Waals surface area contributed by atoms with Crippen LogP contribution >= 0.6 is 0 Å². The van der Waals surface area contributed by atoms with Gasteiger partial charge in [-0.2, -0.15) is 5.10 Å². The van der Waals surface area contributed by atoms with Gasteiger partial charge in [0.15, 0.2) is 11.5 Å². The van der Waals surface area contributed by atoms with E-state index in [0.29, 0.717) is 41.3 Å². The third-order valence-electron chi connectivity index (χ3n) is 6.85. The number of nitrogens with zero attached hydrogens (tertiary/aromatic N) is 8. The van der Waals surface area contributed by atoms with E-state index in [4.69, 9.17) is 9.72 Å². The molecule has 0 aliphatic carbocycles. The summed E-state index contributed by atoms with van der Waals surface area (Å²) in [5, 5.41) is 17.0. The van der Waals surface area contributed by atoms with Crippen molar-refractivity contribution >= 4 is 40.1 Å². The van der Waals surface area contributed by atoms with Crippen LogP contribution in [0.4, 0.5) is 22.1 Å². The van der Waals surface area contributed by atoms with Crippen LogP contribution in [0.3, 0.4) is 0 Å². The van der Waals surface area contributed by atoms with Gasteiger partial charge in [0.05, 0.1) is 17.6 Å². The maximum absolute atomic E-state index is 11.6. The minimum atomic E-state index is -0.899. The Bertz CT molecular complexity index is 1680. The first-order chi connectivity index (χ1) is 18.9. The molecule has 6 rings (SSSR count). The predicted molar refractivity (Wildman–Crippen MR) is 146 cm³/mol. The molecule has 4 aromatic heterocycles. The Morgan fingerprint density at radius 2 is 1.85 bits per heavy atom. The number of aromatic nitrogens is 6. The summed E-state index contributed by atoms with van der Waals surface area (Å²) >= 11 is 0. The molecule has 1 aliphatic heterocycles. The number of nitrogens with one attached hydrogen (secondary N) is 1. The van der Waals surface area contributed by atoms with E-state index in [1.165, 1.54) is 17.6 Å². The maximum atomic E-state index is 11.6. The molecule has 1 aliphatic rings. The van der Waals surface area contributed by atoms with E-state index in [1.807, 2.05) is 63.2 Å². The van der Waals surface area contributed by atoms with Crippen molar-refractivity contribution in [1.82, 2.24) is 34.4 Å². The van der Waals surface area contributed by atoms with Gasteiger partial charge in [-0.15, -0.1) is 0 Å². The molecule has 198 valence electrons. The zero-order valence-electron chi connectivity index (χ0n) is 21.7. The van der Waals surface area contributed by atoms with E-state index < -0.39 is 6.09 Å². The lowest BCUT2D eigenvalue weighted by Gasteiger charge is -2.43. The van der Waals surface area contributed by atoms with Gasteiger partial charge in [-0.3, -0.25) is 4.90 Å². The Balaban J connectivity index is 1.24. The second-order valence-corrected chi connectivity index (χ2v) is 9.68. The van der Waals surface area contributed by atoms with Crippen LogP contribution in [0.5, 0.6) is 11.5 Å². The van der Waals surface area contributed by atoms with Gasteiger partial charge in [0.2, 0.25) is 0 Å². The van der Waals surface area contributed by atoms with Crippen molar-refractivity contribution in [3.8, 4) is 11.5 Å². The van der Waals surface area contributed by atoms with E-state index in [9.17, 15) is 9.90 Å². The van der Waals surface area contributed by atoms with E-state index >= 15 is 0 Å². The summed E-state index contributed by atoms with van der Waals surface area (Å²) in [7, 11) is 0. The smallest absolute Gasteiger partial charge is 0.407 e. The van der Waals surface area contributed by atoms with Crippen LogP contribution in [-0.2, 0) is 0 Å². The number of aryl methyl sites for hydroxylation is 1. The number of pyridine rings is 2. The lowest BCUT2D eigenvalue weighted by Crippen LogP contribution is -2.58. The number of fused-ring (bicyclic) bond motifs is 2. The van der Waals surface area contributed by atoms with Gasteiger partial charge in [-0.1, -0.05) is 0 Å². The summed E-state index contributed by atoms with van der Waals surface area (Å²) in [5.74, 6) is 2.73. The molecule has 1 fully saturated rings. The van der Waals surface area contributed by atoms with Crippen LogP contribution in [0, 0.1) is 6.92 Å². The second kappa shape index (κ2) is 9.71. The Morgan fingerprint density at radius 1 is 1.03 bits per heavy atom. The third kappa shape index (κ3) is 4.72. The summed E-state index contributed by atoms with van der Waals surface area (Å²) in [4.78, 5) is 33.2. The number of benzene rings is 1. The monoisotopic (exact) mass is 525 g/mol. The van der Waals surface area contributed by atoms with Crippen LogP contribution in [0.15, 0.2) is 61.3 Å². The fourth-order valence-corrected chi connectivity index (χ4v) is 5.05. The van der Waals surface area contributed by atoms with Crippen molar-refractivity contribution in [2.45, 2.75) is 32.9 Å². The van der Waals surface area contributed by atoms with E-state index in [-0.39, 0.29) is 12.1 Å². The van der Waals surface area contributed by atoms with Gasteiger partial charge >= 0.3 is 6.09 Å². The second-order valence-electron chi connectivity index (χ2n) is 9.68. The van der Waals surface area contributed by atoms with Gasteiger partial charge in [0, 0.05) is 31.0 Å². The molecule has 1 aromatic carbocycles. The molecule has 39 heavy (non-hydrogen) atoms. The molecule has 0 spiro atoms. The molecular weight excluding hydrogens is 498 g/mol. The minimum Gasteiger partial charge on any atom is -0.465 e. The maximum Gasteiger partial charge on any atom is 0.407 e. The van der Waals surface area contributed by atoms with Crippen molar-refractivity contribution in [1.29, 1.82) is 0 Å². The highest BCUT2D eigenvalue weighted by Crippen LogP contribution is 2.31. The highest BCUT2D eigenvalue weighted by atomic mass is 16.5. The van der Waals surface area contributed by atoms with E-state index in [1.54, 1.807) is 10.7 Å². The summed E-state index contributed by atoms with van der Waals surface area (Å²) in [6.07, 6.45) is 3.91. The van der Waals surface area contributed by atoms with Crippen LogP contribution in [0.2, 0.25) is 0 Å². The van der Waals surface area contributed by atoms with Gasteiger partial charge in [-0.25, -0.2) is 29.2 Å². The fraction of sp³-hybridized carbons (Fsp3) is 0.259. The summed E-state index contributed by atoms with van der Waals surface area (Å²) in [5.41, 5.74) is 3.82. The average Bonchev–Trinajstić information content (AvgIpc) is 3.38. The number of ether oxygens (including phenoxy) is 1. The zero-order chi connectivity index (χ0) is 27.1. The van der Waals surface area contributed by atoms with Crippen LogP contribution in [0.1, 0.15) is 19.4 Å². The number of anilines is 3. The molecule has 0 unspecified atom stereocenters. The van der Waals surface area contributed by atoms with Crippen molar-refractivity contribution in [3.05, 3.63) is 66.9 Å². The minimum absolute atomic E-state index is 0.157. The van der Waals surface area contributed by atoms with Gasteiger partial charge in [0.1, 0.15) is 35.5 Å². The Kier molecular flexibility index (Phi) is 6.06. The van der Waals surface area contributed by atoms with Crippen LogP contribution < -0.4 is 15.0 Å². The topological polar surface area (TPSA) is 134 Å². The molecule has 12 heteroatoms. The highest BCUT2D eigenvalue weighted by Gasteiger charge is 2.33. The molecule has 0 bridgehead atoms. The summed E-state index contributed by atoms with van der Waals surface area (Å²) < 4.78 is 7.77. The van der Waals surface area contributed by atoms with Crippen molar-refractivity contribution < 1.29 is 14.6 Å². The van der Waals surface area contributed by atoms with Crippen molar-refractivity contribution in [2.75, 3.05) is 23.3 Å². The first-order valence-electron chi connectivity index (χ1n) is 12.6. The molecule has 2 atom stereocenters. The normalized spacial score (nSPS) is 17.5. The number of hydrogen-bond acceptors (Lipinski definition) is 9. The van der Waals surface area contributed by atoms with Gasteiger partial charge < -0.3 is 20.1 Å². The Morgan fingerprint density at radius 3 is 2.62 bits per heavy atom. The lowest BCUT2D eigenvalue weighted by atomic mass is 10.1. The highest BCUT2D eigenvalue weighted by molar-refractivity contribution is 5.88. The first kappa shape index (κ1) is 24.3. The number of amides is 1. The lowest BCUT2D eigenvalue weighted by molar-refractivity contribution is 0.0981. The standard InChI is InChI=1S/C27H27N9O3/c1-16-10-19(4-6-22(16)39-20-8-9-35-24(11-20)29-15-31-35)32-26-25-21(28-14-30-26)5-7-23(33-25)34-12-17(2)36(27(37)38)18(3)13-34/h4-11,14-15,17-18H,12-13H2,1-3H3,(H,37,38)(H,28,30,32)/t17-,18-/m1/s1. The first-order valence-corrected chi connectivity index (χ1v) is 12.6. The fourth-order valence-electron chi connectivity index (χ4n) is 5.05. The number of hydrogen-bond donors (Lipinski definition) is 2. The van der Waals surface area contributed by atoms with Gasteiger partial charge in [0.25, 0.3) is 0 Å². The Hall–Kier alpha value is -5.00. The predicted octanol–water partition coefficient (Wildman–Crippen LogP) is 4.49. The summed E-state index contributed by atoms with van der Waals surface area (Å²) in [6, 6.07) is 13.0. The number of carbonyl (C=O) groups is 1. The molecule has 12 nitrogen and oxygen atoms in total. The quantitative estimate of drug-likeness (QED) is 0.338. The van der Waals surface area contributed by atoms with E-state index in [0.717, 1.165) is 22.8 Å². The SMILES string of the molecule is Cc1cc(Nc2ncnc3ccc(N4C[C@@H](C)N(C(=O)O)[C@H](C)C4)nc23)ccc1Oc1ccn2ncnc2c1. The van der Waals surface area contributed by atoms with Crippen molar-refractivity contribution in [2.24, 2.45) is 0 Å². The third-order valence-corrected chi connectivity index (χ3v) is 6.85. The molecule has 0 radical (unpaired) electrons. The number of carboxylic acid groups (broad SMARTS) is 1. The molecule has 0 saturated carbocycles. The molecule has 1 saturated heterocycles. The molecule has 2 N–H and O–H groups in total. The van der Waals surface area contributed by atoms with Crippen LogP contribution in [-0.4, -0.2) is 70.8 Å². The van der Waals surface area contributed by atoms with Crippen molar-refractivity contribution in [3.63, 3.8) is 0 Å². The molecule has 1 amide bonds. The Labute approximate surface area is 223 Å².